The van der Waals surface area contributed by atoms with Crippen LogP contribution in [0.1, 0.15) is 25.1 Å². The van der Waals surface area contributed by atoms with E-state index in [1.54, 1.807) is 6.92 Å². The average Bonchev–Trinajstić information content (AvgIpc) is 2.05. The second kappa shape index (κ2) is 3.46. The Morgan fingerprint density at radius 1 is 1.27 bits per heavy atom. The van der Waals surface area contributed by atoms with Gasteiger partial charge in [0.1, 0.15) is 12.0 Å². The molecule has 0 bridgehead atoms. The minimum Gasteiger partial charge on any atom is -0.242 e. The molecule has 0 aliphatic heterocycles. The van der Waals surface area contributed by atoms with Crippen molar-refractivity contribution in [3.8, 4) is 0 Å². The van der Waals surface area contributed by atoms with Crippen molar-refractivity contribution in [2.45, 2.75) is 19.5 Å². The molecular weight excluding hydrogens is 146 g/mol. The van der Waals surface area contributed by atoms with Crippen LogP contribution in [0, 0.1) is 5.82 Å². The highest BCUT2D eigenvalue weighted by molar-refractivity contribution is 5.18. The van der Waals surface area contributed by atoms with Crippen LogP contribution in [0.5, 0.6) is 0 Å². The van der Waals surface area contributed by atoms with Crippen LogP contribution in [0.3, 0.4) is 0 Å². The lowest BCUT2D eigenvalue weighted by molar-refractivity contribution is 0.334. The molecule has 11 heavy (non-hydrogen) atoms. The molecule has 60 valence electrons. The van der Waals surface area contributed by atoms with Crippen molar-refractivity contribution in [2.24, 2.45) is 0 Å². The molecule has 0 spiro atoms. The van der Waals surface area contributed by atoms with E-state index in [0.717, 1.165) is 0 Å². The largest absolute Gasteiger partial charge is 0.242 e. The average molecular weight is 156 g/mol. The SMILES string of the molecule is CCC(F)c1ccc(F)cc1. The fourth-order valence-corrected chi connectivity index (χ4v) is 0.907. The summed E-state index contributed by atoms with van der Waals surface area (Å²) in [6, 6.07) is 5.50. The van der Waals surface area contributed by atoms with E-state index in [-0.39, 0.29) is 5.82 Å². The molecule has 0 heterocycles. The Bertz CT molecular complexity index is 216. The number of halogens is 2. The third-order valence-corrected chi connectivity index (χ3v) is 1.59. The van der Waals surface area contributed by atoms with Crippen LogP contribution in [-0.2, 0) is 0 Å². The Kier molecular flexibility index (Phi) is 2.58. The number of rotatable bonds is 2. The topological polar surface area (TPSA) is 0 Å². The van der Waals surface area contributed by atoms with E-state index in [9.17, 15) is 8.78 Å². The number of alkyl halides is 1. The minimum absolute atomic E-state index is 0.322. The highest BCUT2D eigenvalue weighted by atomic mass is 19.1. The highest BCUT2D eigenvalue weighted by Gasteiger charge is 2.05. The maximum Gasteiger partial charge on any atom is 0.125 e. The third kappa shape index (κ3) is 2.00. The van der Waals surface area contributed by atoms with Crippen molar-refractivity contribution >= 4 is 0 Å². The molecule has 0 radical (unpaired) electrons. The zero-order valence-corrected chi connectivity index (χ0v) is 6.35. The fourth-order valence-electron chi connectivity index (χ4n) is 0.907. The first kappa shape index (κ1) is 8.18. The predicted molar refractivity (Wildman–Crippen MR) is 40.5 cm³/mol. The molecule has 0 aliphatic rings. The molecule has 1 unspecified atom stereocenters. The van der Waals surface area contributed by atoms with Crippen LogP contribution in [0.15, 0.2) is 24.3 Å². The molecule has 0 fully saturated rings. The molecule has 1 aromatic carbocycles. The van der Waals surface area contributed by atoms with Crippen LogP contribution < -0.4 is 0 Å². The monoisotopic (exact) mass is 156 g/mol. The van der Waals surface area contributed by atoms with Crippen molar-refractivity contribution in [3.63, 3.8) is 0 Å². The molecular formula is C9H10F2. The molecule has 0 aliphatic carbocycles. The lowest BCUT2D eigenvalue weighted by Gasteiger charge is -2.03. The van der Waals surface area contributed by atoms with Gasteiger partial charge in [0.25, 0.3) is 0 Å². The molecule has 0 amide bonds. The van der Waals surface area contributed by atoms with Gasteiger partial charge in [-0.1, -0.05) is 19.1 Å². The minimum atomic E-state index is -0.962. The van der Waals surface area contributed by atoms with E-state index >= 15 is 0 Å². The van der Waals surface area contributed by atoms with E-state index < -0.39 is 6.17 Å². The number of benzene rings is 1. The summed E-state index contributed by atoms with van der Waals surface area (Å²) in [5.74, 6) is -0.322. The van der Waals surface area contributed by atoms with Crippen LogP contribution in [-0.4, -0.2) is 0 Å². The summed E-state index contributed by atoms with van der Waals surface area (Å²) in [7, 11) is 0. The van der Waals surface area contributed by atoms with Gasteiger partial charge >= 0.3 is 0 Å². The Hall–Kier alpha value is -0.920. The van der Waals surface area contributed by atoms with Crippen molar-refractivity contribution < 1.29 is 8.78 Å². The molecule has 0 N–H and O–H groups in total. The van der Waals surface area contributed by atoms with E-state index in [0.29, 0.717) is 12.0 Å². The van der Waals surface area contributed by atoms with E-state index in [1.165, 1.54) is 24.3 Å². The van der Waals surface area contributed by atoms with E-state index in [1.807, 2.05) is 0 Å². The van der Waals surface area contributed by atoms with Gasteiger partial charge in [0.05, 0.1) is 0 Å². The van der Waals surface area contributed by atoms with Gasteiger partial charge in [-0.25, -0.2) is 8.78 Å². The van der Waals surface area contributed by atoms with E-state index in [4.69, 9.17) is 0 Å². The van der Waals surface area contributed by atoms with Gasteiger partial charge < -0.3 is 0 Å². The first-order valence-corrected chi connectivity index (χ1v) is 3.63. The Morgan fingerprint density at radius 2 is 1.82 bits per heavy atom. The lowest BCUT2D eigenvalue weighted by atomic mass is 10.1. The zero-order valence-electron chi connectivity index (χ0n) is 6.35. The molecule has 0 aromatic heterocycles. The predicted octanol–water partition coefficient (Wildman–Crippen LogP) is 3.25. The maximum absolute atomic E-state index is 12.9. The van der Waals surface area contributed by atoms with Gasteiger partial charge in [-0.15, -0.1) is 0 Å². The molecule has 1 rings (SSSR count). The third-order valence-electron chi connectivity index (χ3n) is 1.59. The van der Waals surface area contributed by atoms with Crippen molar-refractivity contribution in [1.82, 2.24) is 0 Å². The molecule has 1 atom stereocenters. The van der Waals surface area contributed by atoms with Crippen LogP contribution >= 0.6 is 0 Å². The van der Waals surface area contributed by atoms with Crippen molar-refractivity contribution in [2.75, 3.05) is 0 Å². The summed E-state index contributed by atoms with van der Waals surface area (Å²) in [5, 5.41) is 0. The molecule has 0 nitrogen and oxygen atoms in total. The van der Waals surface area contributed by atoms with Crippen molar-refractivity contribution in [3.05, 3.63) is 35.6 Å². The van der Waals surface area contributed by atoms with Gasteiger partial charge in [0, 0.05) is 0 Å². The van der Waals surface area contributed by atoms with E-state index in [2.05, 4.69) is 0 Å². The maximum atomic E-state index is 12.9. The molecule has 1 aromatic rings. The quantitative estimate of drug-likeness (QED) is 0.616. The second-order valence-corrected chi connectivity index (χ2v) is 2.43. The zero-order chi connectivity index (χ0) is 8.27. The first-order chi connectivity index (χ1) is 5.24. The Balaban J connectivity index is 2.81. The lowest BCUT2D eigenvalue weighted by Crippen LogP contribution is -1.88. The second-order valence-electron chi connectivity index (χ2n) is 2.43. The molecule has 0 saturated heterocycles. The first-order valence-electron chi connectivity index (χ1n) is 3.63. The van der Waals surface area contributed by atoms with Gasteiger partial charge in [-0.05, 0) is 24.1 Å². The Labute approximate surface area is 64.9 Å². The fraction of sp³-hybridized carbons (Fsp3) is 0.333. The smallest absolute Gasteiger partial charge is 0.125 e. The summed E-state index contributed by atoms with van der Waals surface area (Å²) < 4.78 is 25.2. The van der Waals surface area contributed by atoms with Gasteiger partial charge in [0.15, 0.2) is 0 Å². The Morgan fingerprint density at radius 3 is 2.27 bits per heavy atom. The summed E-state index contributed by atoms with van der Waals surface area (Å²) in [5.41, 5.74) is 0.550. The summed E-state index contributed by atoms with van der Waals surface area (Å²) in [6.45, 7) is 1.76. The summed E-state index contributed by atoms with van der Waals surface area (Å²) >= 11 is 0. The van der Waals surface area contributed by atoms with Crippen molar-refractivity contribution in [1.29, 1.82) is 0 Å². The number of hydrogen-bond donors (Lipinski definition) is 0. The molecule has 0 saturated carbocycles. The summed E-state index contributed by atoms with van der Waals surface area (Å²) in [4.78, 5) is 0. The van der Waals surface area contributed by atoms with Crippen LogP contribution in [0.25, 0.3) is 0 Å². The summed E-state index contributed by atoms with van der Waals surface area (Å²) in [6.07, 6.45) is -0.526. The van der Waals surface area contributed by atoms with Gasteiger partial charge in [-0.3, -0.25) is 0 Å². The highest BCUT2D eigenvalue weighted by Crippen LogP contribution is 2.20. The standard InChI is InChI=1S/C9H10F2/c1-2-9(11)7-3-5-8(10)6-4-7/h3-6,9H,2H2,1H3. The normalized spacial score (nSPS) is 13.0. The van der Waals surface area contributed by atoms with Crippen LogP contribution in [0.4, 0.5) is 8.78 Å². The van der Waals surface area contributed by atoms with Gasteiger partial charge in [-0.2, -0.15) is 0 Å². The number of hydrogen-bond acceptors (Lipinski definition) is 0. The molecule has 2 heteroatoms. The van der Waals surface area contributed by atoms with Gasteiger partial charge in [0.2, 0.25) is 0 Å². The van der Waals surface area contributed by atoms with Crippen LogP contribution in [0.2, 0.25) is 0 Å².